The highest BCUT2D eigenvalue weighted by molar-refractivity contribution is 5.46. The lowest BCUT2D eigenvalue weighted by molar-refractivity contribution is 0.608. The van der Waals surface area contributed by atoms with E-state index in [4.69, 9.17) is 5.26 Å². The van der Waals surface area contributed by atoms with Gasteiger partial charge in [-0.1, -0.05) is 19.9 Å². The number of nitrogens with zero attached hydrogens (tertiary/aromatic N) is 3. The Hall–Kier alpha value is -1.76. The molecule has 1 aromatic rings. The molecule has 4 heteroatoms. The van der Waals surface area contributed by atoms with Crippen molar-refractivity contribution in [2.75, 3.05) is 30.4 Å². The fourth-order valence-electron chi connectivity index (χ4n) is 1.66. The number of aromatic nitrogens is 1. The number of nitriles is 1. The zero-order chi connectivity index (χ0) is 12.7. The van der Waals surface area contributed by atoms with Crippen LogP contribution < -0.4 is 10.2 Å². The quantitative estimate of drug-likeness (QED) is 0.818. The summed E-state index contributed by atoms with van der Waals surface area (Å²) in [6, 6.07) is 8.08. The van der Waals surface area contributed by atoms with E-state index in [9.17, 15) is 0 Å². The maximum Gasteiger partial charge on any atom is 0.130 e. The minimum atomic E-state index is 0.526. The Morgan fingerprint density at radius 3 is 2.82 bits per heavy atom. The maximum atomic E-state index is 8.69. The Kier molecular flexibility index (Phi) is 5.28. The van der Waals surface area contributed by atoms with Gasteiger partial charge >= 0.3 is 0 Å². The number of nitrogens with one attached hydrogen (secondary N) is 1. The molecule has 0 atom stereocenters. The van der Waals surface area contributed by atoms with Crippen LogP contribution >= 0.6 is 0 Å². The van der Waals surface area contributed by atoms with E-state index < -0.39 is 0 Å². The molecule has 0 fully saturated rings. The predicted molar refractivity (Wildman–Crippen MR) is 71.1 cm³/mol. The van der Waals surface area contributed by atoms with E-state index in [0.717, 1.165) is 24.7 Å². The second-order valence-electron chi connectivity index (χ2n) is 4.38. The van der Waals surface area contributed by atoms with Crippen LogP contribution in [0.2, 0.25) is 0 Å². The van der Waals surface area contributed by atoms with Gasteiger partial charge in [-0.05, 0) is 18.1 Å². The molecule has 1 N–H and O–H groups in total. The van der Waals surface area contributed by atoms with Crippen LogP contribution in [0.1, 0.15) is 20.3 Å². The van der Waals surface area contributed by atoms with E-state index in [0.29, 0.717) is 12.3 Å². The summed E-state index contributed by atoms with van der Waals surface area (Å²) in [5.74, 6) is 2.34. The van der Waals surface area contributed by atoms with Crippen molar-refractivity contribution in [1.29, 1.82) is 5.26 Å². The van der Waals surface area contributed by atoms with Gasteiger partial charge in [-0.3, -0.25) is 0 Å². The highest BCUT2D eigenvalue weighted by Gasteiger charge is 2.09. The molecular formula is C13H20N4. The van der Waals surface area contributed by atoms with E-state index >= 15 is 0 Å². The summed E-state index contributed by atoms with van der Waals surface area (Å²) in [4.78, 5) is 6.66. The lowest BCUT2D eigenvalue weighted by Crippen LogP contribution is -2.29. The summed E-state index contributed by atoms with van der Waals surface area (Å²) in [7, 11) is 1.86. The van der Waals surface area contributed by atoms with Gasteiger partial charge in [-0.25, -0.2) is 4.98 Å². The smallest absolute Gasteiger partial charge is 0.130 e. The number of hydrogen-bond acceptors (Lipinski definition) is 4. The predicted octanol–water partition coefficient (Wildman–Crippen LogP) is 2.50. The Labute approximate surface area is 103 Å². The molecule has 0 radical (unpaired) electrons. The molecule has 4 nitrogen and oxygen atoms in total. The zero-order valence-corrected chi connectivity index (χ0v) is 10.8. The number of pyridine rings is 1. The van der Waals surface area contributed by atoms with Crippen LogP contribution in [-0.2, 0) is 0 Å². The van der Waals surface area contributed by atoms with Gasteiger partial charge in [0.05, 0.1) is 12.5 Å². The number of anilines is 2. The van der Waals surface area contributed by atoms with E-state index in [1.54, 1.807) is 0 Å². The van der Waals surface area contributed by atoms with Crippen LogP contribution in [0.5, 0.6) is 0 Å². The molecule has 1 aromatic heterocycles. The molecule has 1 heterocycles. The molecule has 0 saturated carbocycles. The third-order valence-electron chi connectivity index (χ3n) is 2.39. The van der Waals surface area contributed by atoms with Gasteiger partial charge in [-0.2, -0.15) is 5.26 Å². The van der Waals surface area contributed by atoms with Crippen LogP contribution in [0.4, 0.5) is 11.6 Å². The topological polar surface area (TPSA) is 52.0 Å². The monoisotopic (exact) mass is 232 g/mol. The largest absolute Gasteiger partial charge is 0.373 e. The Balaban J connectivity index is 2.83. The average molecular weight is 232 g/mol. The van der Waals surface area contributed by atoms with Gasteiger partial charge in [0.15, 0.2) is 0 Å². The molecule has 0 aliphatic rings. The molecule has 0 amide bonds. The van der Waals surface area contributed by atoms with Crippen molar-refractivity contribution >= 4 is 11.6 Å². The molecule has 0 aromatic carbocycles. The average Bonchev–Trinajstić information content (AvgIpc) is 2.34. The molecule has 92 valence electrons. The van der Waals surface area contributed by atoms with E-state index in [-0.39, 0.29) is 0 Å². The summed E-state index contributed by atoms with van der Waals surface area (Å²) in [5, 5.41) is 11.7. The third-order valence-corrected chi connectivity index (χ3v) is 2.39. The van der Waals surface area contributed by atoms with Crippen molar-refractivity contribution in [2.45, 2.75) is 20.3 Å². The molecule has 17 heavy (non-hydrogen) atoms. The van der Waals surface area contributed by atoms with Crippen molar-refractivity contribution in [3.63, 3.8) is 0 Å². The van der Waals surface area contributed by atoms with E-state index in [2.05, 4.69) is 35.1 Å². The summed E-state index contributed by atoms with van der Waals surface area (Å²) in [6.07, 6.45) is 0.526. The van der Waals surface area contributed by atoms with Crippen molar-refractivity contribution in [2.24, 2.45) is 5.92 Å². The van der Waals surface area contributed by atoms with Crippen molar-refractivity contribution in [1.82, 2.24) is 4.98 Å². The fourth-order valence-corrected chi connectivity index (χ4v) is 1.66. The second-order valence-corrected chi connectivity index (χ2v) is 4.38. The second kappa shape index (κ2) is 6.74. The van der Waals surface area contributed by atoms with Crippen LogP contribution in [0.25, 0.3) is 0 Å². The fraction of sp³-hybridized carbons (Fsp3) is 0.538. The Morgan fingerprint density at radius 2 is 2.24 bits per heavy atom. The lowest BCUT2D eigenvalue weighted by atomic mass is 10.2. The third kappa shape index (κ3) is 4.31. The molecule has 1 rings (SSSR count). The number of hydrogen-bond donors (Lipinski definition) is 1. The molecule has 0 spiro atoms. The first-order chi connectivity index (χ1) is 8.17. The molecule has 0 unspecified atom stereocenters. The zero-order valence-electron chi connectivity index (χ0n) is 10.8. The summed E-state index contributed by atoms with van der Waals surface area (Å²) in [5.41, 5.74) is 0. The van der Waals surface area contributed by atoms with Gasteiger partial charge in [0.25, 0.3) is 0 Å². The normalized spacial score (nSPS) is 10.1. The Bertz CT molecular complexity index is 381. The first-order valence-corrected chi connectivity index (χ1v) is 5.94. The lowest BCUT2D eigenvalue weighted by Gasteiger charge is -2.25. The van der Waals surface area contributed by atoms with Gasteiger partial charge in [0.2, 0.25) is 0 Å². The minimum Gasteiger partial charge on any atom is -0.373 e. The van der Waals surface area contributed by atoms with Crippen molar-refractivity contribution in [3.05, 3.63) is 18.2 Å². The molecule has 0 aliphatic heterocycles. The molecule has 0 saturated heterocycles. The number of rotatable bonds is 6. The van der Waals surface area contributed by atoms with Crippen molar-refractivity contribution in [3.8, 4) is 6.07 Å². The van der Waals surface area contributed by atoms with Crippen LogP contribution in [0.15, 0.2) is 18.2 Å². The first kappa shape index (κ1) is 13.3. The van der Waals surface area contributed by atoms with Crippen molar-refractivity contribution < 1.29 is 0 Å². The van der Waals surface area contributed by atoms with E-state index in [1.165, 1.54) is 0 Å². The SMILES string of the molecule is CNc1cccc(N(CCC#N)CC(C)C)n1. The van der Waals surface area contributed by atoms with E-state index in [1.807, 2.05) is 25.2 Å². The minimum absolute atomic E-state index is 0.526. The first-order valence-electron chi connectivity index (χ1n) is 5.94. The standard InChI is InChI=1S/C13H20N4/c1-11(2)10-17(9-5-8-14)13-7-4-6-12(15-3)16-13/h4,6-7,11H,5,9-10H2,1-3H3,(H,15,16). The summed E-state index contributed by atoms with van der Waals surface area (Å²) in [6.45, 7) is 5.99. The maximum absolute atomic E-state index is 8.69. The van der Waals surface area contributed by atoms with Crippen LogP contribution in [-0.4, -0.2) is 25.1 Å². The summed E-state index contributed by atoms with van der Waals surface area (Å²) >= 11 is 0. The highest BCUT2D eigenvalue weighted by Crippen LogP contribution is 2.15. The van der Waals surface area contributed by atoms with Gasteiger partial charge in [0, 0.05) is 20.1 Å². The molecule has 0 bridgehead atoms. The molecular weight excluding hydrogens is 212 g/mol. The van der Waals surface area contributed by atoms with Gasteiger partial charge < -0.3 is 10.2 Å². The van der Waals surface area contributed by atoms with Crippen LogP contribution in [0.3, 0.4) is 0 Å². The van der Waals surface area contributed by atoms with Gasteiger partial charge in [0.1, 0.15) is 11.6 Å². The van der Waals surface area contributed by atoms with Crippen LogP contribution in [0, 0.1) is 17.2 Å². The van der Waals surface area contributed by atoms with Gasteiger partial charge in [-0.15, -0.1) is 0 Å². The highest BCUT2D eigenvalue weighted by atomic mass is 15.2. The molecule has 0 aliphatic carbocycles. The summed E-state index contributed by atoms with van der Waals surface area (Å²) < 4.78 is 0. The Morgan fingerprint density at radius 1 is 1.47 bits per heavy atom.